The summed E-state index contributed by atoms with van der Waals surface area (Å²) in [4.78, 5) is 26.2. The van der Waals surface area contributed by atoms with Crippen molar-refractivity contribution >= 4 is 11.9 Å². The largest absolute Gasteiger partial charge is 0.508 e. The van der Waals surface area contributed by atoms with Crippen molar-refractivity contribution in [1.82, 2.24) is 0 Å². The Balaban J connectivity index is 1.47. The molecule has 0 radical (unpaired) electrons. The van der Waals surface area contributed by atoms with E-state index in [0.717, 1.165) is 17.4 Å². The van der Waals surface area contributed by atoms with Crippen LogP contribution in [0.25, 0.3) is 0 Å². The maximum atomic E-state index is 13.2. The number of benzene rings is 2. The highest BCUT2D eigenvalue weighted by molar-refractivity contribution is 5.91. The Morgan fingerprint density at radius 3 is 1.98 bits per heavy atom. The molecule has 0 saturated carbocycles. The van der Waals surface area contributed by atoms with Crippen LogP contribution in [0.5, 0.6) is 11.5 Å². The van der Waals surface area contributed by atoms with Crippen LogP contribution in [-0.4, -0.2) is 99.4 Å². The second-order valence-electron chi connectivity index (χ2n) is 10.6. The maximum absolute atomic E-state index is 13.2. The summed E-state index contributed by atoms with van der Waals surface area (Å²) >= 11 is 0. The number of rotatable bonds is 12. The number of phenolic OH excluding ortho intramolecular Hbond substituents is 2. The number of allylic oxidation sites excluding steroid dienone is 1. The van der Waals surface area contributed by atoms with Crippen LogP contribution in [0.15, 0.2) is 72.0 Å². The van der Waals surface area contributed by atoms with Gasteiger partial charge in [0.2, 0.25) is 6.29 Å². The molecule has 7 atom stereocenters. The van der Waals surface area contributed by atoms with Gasteiger partial charge in [-0.2, -0.15) is 0 Å². The first kappa shape index (κ1) is 33.9. The molecule has 13 nitrogen and oxygen atoms in total. The molecule has 6 N–H and O–H groups in total. The molecule has 13 heteroatoms. The molecule has 0 aromatic heterocycles. The van der Waals surface area contributed by atoms with Gasteiger partial charge in [0.15, 0.2) is 6.29 Å². The van der Waals surface area contributed by atoms with Crippen molar-refractivity contribution in [2.45, 2.75) is 63.2 Å². The summed E-state index contributed by atoms with van der Waals surface area (Å²) in [6, 6.07) is 12.9. The van der Waals surface area contributed by atoms with Crippen LogP contribution in [0.3, 0.4) is 0 Å². The molecule has 2 aromatic rings. The molecule has 2 aliphatic heterocycles. The fourth-order valence-corrected chi connectivity index (χ4v) is 4.99. The Labute approximate surface area is 259 Å². The minimum Gasteiger partial charge on any atom is -0.508 e. The number of hydrogen-bond acceptors (Lipinski definition) is 13. The highest BCUT2D eigenvalue weighted by Gasteiger charge is 2.47. The zero-order valence-electron chi connectivity index (χ0n) is 24.6. The summed E-state index contributed by atoms with van der Waals surface area (Å²) in [5, 5.41) is 59.2. The summed E-state index contributed by atoms with van der Waals surface area (Å²) < 4.78 is 27.9. The van der Waals surface area contributed by atoms with Crippen molar-refractivity contribution < 1.29 is 63.9 Å². The predicted molar refractivity (Wildman–Crippen MR) is 155 cm³/mol. The number of hydrogen-bond donors (Lipinski definition) is 6. The first-order valence-corrected chi connectivity index (χ1v) is 14.5. The molecule has 0 aliphatic carbocycles. The molecular formula is C32H38O13. The predicted octanol–water partition coefficient (Wildman–Crippen LogP) is 0.979. The Morgan fingerprint density at radius 1 is 0.844 bits per heavy atom. The van der Waals surface area contributed by atoms with Crippen LogP contribution in [0.1, 0.15) is 24.5 Å². The van der Waals surface area contributed by atoms with Crippen molar-refractivity contribution in [3.8, 4) is 11.5 Å². The first-order chi connectivity index (χ1) is 21.6. The molecule has 1 fully saturated rings. The van der Waals surface area contributed by atoms with Gasteiger partial charge in [-0.05, 0) is 42.3 Å². The quantitative estimate of drug-likeness (QED) is 0.143. The van der Waals surface area contributed by atoms with E-state index in [1.54, 1.807) is 37.3 Å². The van der Waals surface area contributed by atoms with E-state index in [1.165, 1.54) is 24.3 Å². The molecule has 1 saturated heterocycles. The van der Waals surface area contributed by atoms with Gasteiger partial charge in [-0.15, -0.1) is 0 Å². The standard InChI is InChI=1S/C32H38O13/c1-2-22-23(15-26(36)41-13-11-18-3-7-20(34)8-4-18)24(30(40)42-14-12-19-5-9-21(35)10-6-19)17-43-31(22)45-32-29(39)28(38)27(37)25(16-33)44-32/h2-10,17,23,25,27-29,31-35,37-39H,11-16H2,1H3/t23-,25+,27+,28-,29+,31-,32-/m0/s1. The Morgan fingerprint density at radius 2 is 1.42 bits per heavy atom. The van der Waals surface area contributed by atoms with Crippen LogP contribution in [0, 0.1) is 5.92 Å². The molecule has 2 heterocycles. The van der Waals surface area contributed by atoms with Crippen LogP contribution < -0.4 is 0 Å². The monoisotopic (exact) mass is 630 g/mol. The lowest BCUT2D eigenvalue weighted by atomic mass is 9.86. The molecule has 244 valence electrons. The number of carbonyl (C=O) groups is 2. The highest BCUT2D eigenvalue weighted by Crippen LogP contribution is 2.36. The van der Waals surface area contributed by atoms with Gasteiger partial charge in [0.25, 0.3) is 0 Å². The molecule has 0 unspecified atom stereocenters. The van der Waals surface area contributed by atoms with Gasteiger partial charge in [0.05, 0.1) is 38.1 Å². The van der Waals surface area contributed by atoms with E-state index in [9.17, 15) is 40.2 Å². The highest BCUT2D eigenvalue weighted by atomic mass is 16.8. The third kappa shape index (κ3) is 8.81. The minimum atomic E-state index is -1.71. The lowest BCUT2D eigenvalue weighted by Crippen LogP contribution is -2.60. The summed E-state index contributed by atoms with van der Waals surface area (Å²) in [5.74, 6) is -2.09. The van der Waals surface area contributed by atoms with E-state index in [1.807, 2.05) is 0 Å². The average Bonchev–Trinajstić information content (AvgIpc) is 3.03. The summed E-state index contributed by atoms with van der Waals surface area (Å²) in [6.07, 6.45) is -5.92. The molecule has 0 spiro atoms. The summed E-state index contributed by atoms with van der Waals surface area (Å²) in [6.45, 7) is 1.01. The van der Waals surface area contributed by atoms with Crippen molar-refractivity contribution in [3.05, 3.63) is 83.1 Å². The van der Waals surface area contributed by atoms with Gasteiger partial charge in [0.1, 0.15) is 35.9 Å². The molecule has 0 amide bonds. The van der Waals surface area contributed by atoms with Crippen LogP contribution in [0.4, 0.5) is 0 Å². The van der Waals surface area contributed by atoms with E-state index in [-0.39, 0.29) is 36.7 Å². The van der Waals surface area contributed by atoms with Crippen molar-refractivity contribution in [2.24, 2.45) is 5.92 Å². The molecule has 2 aliphatic rings. The number of aromatic hydroxyl groups is 2. The Kier molecular flexibility index (Phi) is 11.9. The van der Waals surface area contributed by atoms with Gasteiger partial charge < -0.3 is 54.3 Å². The fraction of sp³-hybridized carbons (Fsp3) is 0.438. The third-order valence-corrected chi connectivity index (χ3v) is 7.56. The lowest BCUT2D eigenvalue weighted by Gasteiger charge is -2.42. The summed E-state index contributed by atoms with van der Waals surface area (Å²) in [7, 11) is 0. The number of aliphatic hydroxyl groups excluding tert-OH is 4. The number of carbonyl (C=O) groups excluding carboxylic acids is 2. The van der Waals surface area contributed by atoms with E-state index in [2.05, 4.69) is 0 Å². The second-order valence-corrected chi connectivity index (χ2v) is 10.6. The third-order valence-electron chi connectivity index (χ3n) is 7.56. The van der Waals surface area contributed by atoms with Crippen LogP contribution in [-0.2, 0) is 46.1 Å². The minimum absolute atomic E-state index is 0.000710. The van der Waals surface area contributed by atoms with Gasteiger partial charge in [-0.3, -0.25) is 4.79 Å². The number of phenols is 2. The molecular weight excluding hydrogens is 592 g/mol. The topological polar surface area (TPSA) is 202 Å². The van der Waals surface area contributed by atoms with Crippen LogP contribution in [0.2, 0.25) is 0 Å². The van der Waals surface area contributed by atoms with Crippen LogP contribution >= 0.6 is 0 Å². The number of aliphatic hydroxyl groups is 4. The Hall–Kier alpha value is -3.98. The number of esters is 2. The van der Waals surface area contributed by atoms with E-state index < -0.39 is 61.5 Å². The van der Waals surface area contributed by atoms with Gasteiger partial charge in [-0.25, -0.2) is 4.79 Å². The van der Waals surface area contributed by atoms with Crippen molar-refractivity contribution in [3.63, 3.8) is 0 Å². The normalized spacial score (nSPS) is 27.4. The zero-order valence-corrected chi connectivity index (χ0v) is 24.6. The van der Waals surface area contributed by atoms with Crippen molar-refractivity contribution in [2.75, 3.05) is 19.8 Å². The number of ether oxygens (including phenoxy) is 5. The molecule has 0 bridgehead atoms. The summed E-state index contributed by atoms with van der Waals surface area (Å²) in [5.41, 5.74) is 1.98. The fourth-order valence-electron chi connectivity index (χ4n) is 4.99. The average molecular weight is 631 g/mol. The van der Waals surface area contributed by atoms with Gasteiger partial charge >= 0.3 is 11.9 Å². The van der Waals surface area contributed by atoms with E-state index in [4.69, 9.17) is 23.7 Å². The second kappa shape index (κ2) is 15.8. The van der Waals surface area contributed by atoms with E-state index in [0.29, 0.717) is 18.4 Å². The van der Waals surface area contributed by atoms with Crippen molar-refractivity contribution in [1.29, 1.82) is 0 Å². The van der Waals surface area contributed by atoms with Gasteiger partial charge in [-0.1, -0.05) is 30.3 Å². The molecule has 45 heavy (non-hydrogen) atoms. The SMILES string of the molecule is CC=C1[C@H](O[C@@H]2O[C@H](CO)[C@@H](O)[C@H](O)[C@H]2O)OC=C(C(=O)OCCc2ccc(O)cc2)[C@H]1CC(=O)OCCc1ccc(O)cc1. The van der Waals surface area contributed by atoms with Gasteiger partial charge in [0, 0.05) is 24.3 Å². The Bertz CT molecular complexity index is 1340. The first-order valence-electron chi connectivity index (χ1n) is 14.5. The maximum Gasteiger partial charge on any atom is 0.337 e. The zero-order chi connectivity index (χ0) is 32.5. The molecule has 2 aromatic carbocycles. The smallest absolute Gasteiger partial charge is 0.337 e. The van der Waals surface area contributed by atoms with E-state index >= 15 is 0 Å². The lowest BCUT2D eigenvalue weighted by molar-refractivity contribution is -0.327. The molecule has 4 rings (SSSR count).